The van der Waals surface area contributed by atoms with Crippen molar-refractivity contribution in [1.82, 2.24) is 0 Å². The molecule has 1 atom stereocenters. The minimum Gasteiger partial charge on any atom is -0.497 e. The van der Waals surface area contributed by atoms with E-state index < -0.39 is 12.2 Å². The Morgan fingerprint density at radius 2 is 1.79 bits per heavy atom. The van der Waals surface area contributed by atoms with Crippen molar-refractivity contribution in [2.24, 2.45) is 0 Å². The van der Waals surface area contributed by atoms with Crippen LogP contribution in [0, 0.1) is 0 Å². The quantitative estimate of drug-likeness (QED) is 0.444. The van der Waals surface area contributed by atoms with Gasteiger partial charge in [-0.3, -0.25) is 9.59 Å². The van der Waals surface area contributed by atoms with E-state index in [2.05, 4.69) is 0 Å². The van der Waals surface area contributed by atoms with Crippen LogP contribution in [0.4, 0.5) is 5.69 Å². The van der Waals surface area contributed by atoms with Gasteiger partial charge in [-0.15, -0.1) is 0 Å². The van der Waals surface area contributed by atoms with Gasteiger partial charge in [0, 0.05) is 24.2 Å². The summed E-state index contributed by atoms with van der Waals surface area (Å²) in [5.74, 6) is 0.208. The van der Waals surface area contributed by atoms with Crippen LogP contribution in [0.25, 0.3) is 0 Å². The minimum atomic E-state index is -0.581. The van der Waals surface area contributed by atoms with E-state index in [0.29, 0.717) is 11.3 Å². The number of nitrogens with zero attached hydrogens (tertiary/aromatic N) is 1. The fourth-order valence-electron chi connectivity index (χ4n) is 2.39. The maximum atomic E-state index is 12.6. The third-order valence-corrected chi connectivity index (χ3v) is 3.57. The molecule has 0 heterocycles. The van der Waals surface area contributed by atoms with Crippen molar-refractivity contribution >= 4 is 17.4 Å². The van der Waals surface area contributed by atoms with Gasteiger partial charge in [-0.2, -0.15) is 0 Å². The number of benzene rings is 2. The lowest BCUT2D eigenvalue weighted by atomic mass is 10.1. The minimum absolute atomic E-state index is 0.0579. The number of ether oxygens (including phenoxy) is 2. The Hall–Kier alpha value is -2.82. The van der Waals surface area contributed by atoms with E-state index in [9.17, 15) is 9.59 Å². The summed E-state index contributed by atoms with van der Waals surface area (Å²) in [6, 6.07) is 16.3. The molecule has 0 bridgehead atoms. The van der Waals surface area contributed by atoms with Gasteiger partial charge in [0.15, 0.2) is 12.0 Å². The lowest BCUT2D eigenvalue weighted by molar-refractivity contribution is -0.145. The number of anilines is 1. The van der Waals surface area contributed by atoms with E-state index in [1.54, 1.807) is 37.1 Å². The lowest BCUT2D eigenvalue weighted by Gasteiger charge is -2.30. The van der Waals surface area contributed by atoms with E-state index in [-0.39, 0.29) is 12.3 Å². The van der Waals surface area contributed by atoms with Crippen LogP contribution >= 0.6 is 0 Å². The highest BCUT2D eigenvalue weighted by atomic mass is 16.6. The second-order valence-corrected chi connectivity index (χ2v) is 5.33. The fraction of sp³-hybridized carbons (Fsp3) is 0.263. The van der Waals surface area contributed by atoms with Crippen molar-refractivity contribution in [2.45, 2.75) is 20.1 Å². The van der Waals surface area contributed by atoms with Crippen molar-refractivity contribution in [3.8, 4) is 5.75 Å². The molecule has 0 amide bonds. The highest BCUT2D eigenvalue weighted by molar-refractivity contribution is 5.99. The zero-order valence-corrected chi connectivity index (χ0v) is 14.1. The number of Topliss-reactive ketones (excluding diaryl/α,β-unsaturated/α-hetero) is 1. The zero-order valence-electron chi connectivity index (χ0n) is 14.1. The topological polar surface area (TPSA) is 55.8 Å². The monoisotopic (exact) mass is 327 g/mol. The Labute approximate surface area is 141 Å². The van der Waals surface area contributed by atoms with Gasteiger partial charge in [0.25, 0.3) is 0 Å². The zero-order chi connectivity index (χ0) is 17.5. The molecule has 5 heteroatoms. The second kappa shape index (κ2) is 8.15. The number of ketones is 1. The fourth-order valence-corrected chi connectivity index (χ4v) is 2.39. The first-order chi connectivity index (χ1) is 11.5. The van der Waals surface area contributed by atoms with Crippen LogP contribution in [0.15, 0.2) is 54.6 Å². The second-order valence-electron chi connectivity index (χ2n) is 5.33. The van der Waals surface area contributed by atoms with E-state index in [0.717, 1.165) is 5.69 Å². The van der Waals surface area contributed by atoms with Gasteiger partial charge in [-0.05, 0) is 19.1 Å². The van der Waals surface area contributed by atoms with Gasteiger partial charge in [0.05, 0.1) is 13.7 Å². The first-order valence-corrected chi connectivity index (χ1v) is 7.67. The predicted molar refractivity (Wildman–Crippen MR) is 92.3 cm³/mol. The van der Waals surface area contributed by atoms with E-state index in [4.69, 9.17) is 9.47 Å². The molecule has 0 aliphatic rings. The third kappa shape index (κ3) is 4.59. The number of hydrogen-bond donors (Lipinski definition) is 0. The summed E-state index contributed by atoms with van der Waals surface area (Å²) < 4.78 is 10.5. The first-order valence-electron chi connectivity index (χ1n) is 7.67. The van der Waals surface area contributed by atoms with Gasteiger partial charge >= 0.3 is 5.97 Å². The number of hydrogen-bond acceptors (Lipinski definition) is 5. The molecular weight excluding hydrogens is 306 g/mol. The van der Waals surface area contributed by atoms with Gasteiger partial charge < -0.3 is 14.4 Å². The number of esters is 1. The van der Waals surface area contributed by atoms with E-state index in [1.807, 2.05) is 36.4 Å². The smallest absolute Gasteiger partial charge is 0.304 e. The summed E-state index contributed by atoms with van der Waals surface area (Å²) in [7, 11) is 1.58. The Morgan fingerprint density at radius 3 is 2.42 bits per heavy atom. The van der Waals surface area contributed by atoms with Crippen LogP contribution < -0.4 is 9.64 Å². The highest BCUT2D eigenvalue weighted by Crippen LogP contribution is 2.23. The maximum Gasteiger partial charge on any atom is 0.304 e. The molecular formula is C19H21NO4. The van der Waals surface area contributed by atoms with Crippen molar-refractivity contribution in [2.75, 3.05) is 18.6 Å². The van der Waals surface area contributed by atoms with Crippen molar-refractivity contribution in [3.05, 3.63) is 60.2 Å². The van der Waals surface area contributed by atoms with Gasteiger partial charge in [-0.25, -0.2) is 0 Å². The molecule has 0 aliphatic heterocycles. The summed E-state index contributed by atoms with van der Waals surface area (Å²) in [5, 5.41) is 0. The number of carbonyl (C=O) groups excluding carboxylic acids is 2. The predicted octanol–water partition coefficient (Wildman–Crippen LogP) is 3.29. The van der Waals surface area contributed by atoms with Gasteiger partial charge in [0.1, 0.15) is 5.75 Å². The molecule has 0 aliphatic carbocycles. The van der Waals surface area contributed by atoms with Crippen LogP contribution in [0.3, 0.4) is 0 Å². The molecule has 126 valence electrons. The SMILES string of the molecule is COc1cccc(N(CC(=O)c2ccccc2)C(C)OC(C)=O)c1. The van der Waals surface area contributed by atoms with Crippen LogP contribution in [0.5, 0.6) is 5.75 Å². The number of carbonyl (C=O) groups is 2. The van der Waals surface area contributed by atoms with Crippen molar-refractivity contribution in [1.29, 1.82) is 0 Å². The van der Waals surface area contributed by atoms with Gasteiger partial charge in [0.2, 0.25) is 0 Å². The Morgan fingerprint density at radius 1 is 1.08 bits per heavy atom. The molecule has 2 aromatic carbocycles. The molecule has 0 N–H and O–H groups in total. The summed E-state index contributed by atoms with van der Waals surface area (Å²) in [6.45, 7) is 3.17. The molecule has 24 heavy (non-hydrogen) atoms. The molecule has 5 nitrogen and oxygen atoms in total. The van der Waals surface area contributed by atoms with Crippen LogP contribution in [0.2, 0.25) is 0 Å². The number of rotatable bonds is 7. The van der Waals surface area contributed by atoms with E-state index >= 15 is 0 Å². The third-order valence-electron chi connectivity index (χ3n) is 3.57. The molecule has 0 saturated carbocycles. The molecule has 1 unspecified atom stereocenters. The first kappa shape index (κ1) is 17.5. The molecule has 2 rings (SSSR count). The summed E-state index contributed by atoms with van der Waals surface area (Å²) >= 11 is 0. The van der Waals surface area contributed by atoms with Crippen molar-refractivity contribution in [3.63, 3.8) is 0 Å². The molecule has 0 fully saturated rings. The molecule has 0 radical (unpaired) electrons. The van der Waals surface area contributed by atoms with Gasteiger partial charge in [-0.1, -0.05) is 36.4 Å². The molecule has 0 aromatic heterocycles. The number of methoxy groups -OCH3 is 1. The highest BCUT2D eigenvalue weighted by Gasteiger charge is 2.21. The van der Waals surface area contributed by atoms with E-state index in [1.165, 1.54) is 6.92 Å². The lowest BCUT2D eigenvalue weighted by Crippen LogP contribution is -2.40. The van der Waals surface area contributed by atoms with Crippen LogP contribution in [-0.2, 0) is 9.53 Å². The summed E-state index contributed by atoms with van der Waals surface area (Å²) in [4.78, 5) is 25.6. The molecule has 0 saturated heterocycles. The Kier molecular flexibility index (Phi) is 5.95. The normalized spacial score (nSPS) is 11.5. The van der Waals surface area contributed by atoms with Crippen molar-refractivity contribution < 1.29 is 19.1 Å². The summed E-state index contributed by atoms with van der Waals surface area (Å²) in [5.41, 5.74) is 1.35. The van der Waals surface area contributed by atoms with Crippen LogP contribution in [0.1, 0.15) is 24.2 Å². The Balaban J connectivity index is 2.28. The maximum absolute atomic E-state index is 12.6. The molecule has 2 aromatic rings. The average molecular weight is 327 g/mol. The average Bonchev–Trinajstić information content (AvgIpc) is 2.59. The van der Waals surface area contributed by atoms with Crippen LogP contribution in [-0.4, -0.2) is 31.6 Å². The largest absolute Gasteiger partial charge is 0.497 e. The standard InChI is InChI=1S/C19H21NO4/c1-14(24-15(2)21)20(17-10-7-11-18(12-17)23-3)13-19(22)16-8-5-4-6-9-16/h4-12,14H,13H2,1-3H3. The Bertz CT molecular complexity index is 700. The molecule has 0 spiro atoms. The summed E-state index contributed by atoms with van der Waals surface area (Å²) in [6.07, 6.45) is -0.581.